The van der Waals surface area contributed by atoms with Crippen LogP contribution in [0.15, 0.2) is 54.6 Å². The molecule has 0 radical (unpaired) electrons. The minimum atomic E-state index is -0.382. The van der Waals surface area contributed by atoms with Crippen molar-refractivity contribution >= 4 is 17.4 Å². The lowest BCUT2D eigenvalue weighted by Gasteiger charge is -2.39. The van der Waals surface area contributed by atoms with Gasteiger partial charge in [0.1, 0.15) is 5.78 Å². The minimum absolute atomic E-state index is 0.00527. The van der Waals surface area contributed by atoms with Crippen LogP contribution in [0.5, 0.6) is 0 Å². The van der Waals surface area contributed by atoms with Gasteiger partial charge >= 0.3 is 0 Å². The van der Waals surface area contributed by atoms with Crippen LogP contribution >= 0.6 is 0 Å². The van der Waals surface area contributed by atoms with Crippen molar-refractivity contribution in [1.82, 2.24) is 4.90 Å². The SMILES string of the molecule is CC(=O)C(Cc1ccccc1)CN1CCC2(CC1)C(=O)N(C)c1ccccc12. The van der Waals surface area contributed by atoms with Gasteiger partial charge in [0.15, 0.2) is 0 Å². The van der Waals surface area contributed by atoms with Gasteiger partial charge in [0.05, 0.1) is 5.41 Å². The zero-order valence-corrected chi connectivity index (χ0v) is 16.7. The first-order valence-corrected chi connectivity index (χ1v) is 10.2. The largest absolute Gasteiger partial charge is 0.314 e. The molecule has 0 saturated carbocycles. The van der Waals surface area contributed by atoms with E-state index in [9.17, 15) is 9.59 Å². The molecule has 28 heavy (non-hydrogen) atoms. The van der Waals surface area contributed by atoms with Gasteiger partial charge in [0.25, 0.3) is 0 Å². The van der Waals surface area contributed by atoms with E-state index in [2.05, 4.69) is 23.1 Å². The number of hydrogen-bond donors (Lipinski definition) is 0. The summed E-state index contributed by atoms with van der Waals surface area (Å²) < 4.78 is 0. The van der Waals surface area contributed by atoms with E-state index in [1.807, 2.05) is 48.3 Å². The Balaban J connectivity index is 1.45. The Hall–Kier alpha value is -2.46. The average molecular weight is 377 g/mol. The molecule has 4 nitrogen and oxygen atoms in total. The molecule has 1 fully saturated rings. The summed E-state index contributed by atoms with van der Waals surface area (Å²) in [5, 5.41) is 0. The molecule has 1 spiro atoms. The van der Waals surface area contributed by atoms with Gasteiger partial charge in [-0.3, -0.25) is 9.59 Å². The Morgan fingerprint density at radius 2 is 1.68 bits per heavy atom. The maximum absolute atomic E-state index is 13.1. The molecule has 0 aromatic heterocycles. The van der Waals surface area contributed by atoms with Crippen molar-refractivity contribution in [2.24, 2.45) is 5.92 Å². The molecular weight excluding hydrogens is 348 g/mol. The highest BCUT2D eigenvalue weighted by atomic mass is 16.2. The van der Waals surface area contributed by atoms with Gasteiger partial charge < -0.3 is 9.80 Å². The van der Waals surface area contributed by atoms with Gasteiger partial charge in [0, 0.05) is 25.2 Å². The summed E-state index contributed by atoms with van der Waals surface area (Å²) in [7, 11) is 1.88. The number of amides is 1. The highest BCUT2D eigenvalue weighted by Gasteiger charge is 2.50. The summed E-state index contributed by atoms with van der Waals surface area (Å²) >= 11 is 0. The lowest BCUT2D eigenvalue weighted by atomic mass is 9.73. The second-order valence-electron chi connectivity index (χ2n) is 8.26. The van der Waals surface area contributed by atoms with Crippen molar-refractivity contribution in [3.8, 4) is 0 Å². The van der Waals surface area contributed by atoms with Gasteiger partial charge in [-0.05, 0) is 56.5 Å². The van der Waals surface area contributed by atoms with E-state index in [0.29, 0.717) is 0 Å². The molecule has 0 aliphatic carbocycles. The molecule has 2 heterocycles. The first kappa shape index (κ1) is 18.9. The number of nitrogens with zero attached hydrogens (tertiary/aromatic N) is 2. The van der Waals surface area contributed by atoms with E-state index >= 15 is 0 Å². The van der Waals surface area contributed by atoms with Gasteiger partial charge in [-0.25, -0.2) is 0 Å². The van der Waals surface area contributed by atoms with Crippen LogP contribution in [0, 0.1) is 5.92 Å². The molecular formula is C24H28N2O2. The van der Waals surface area contributed by atoms with Crippen LogP contribution < -0.4 is 4.90 Å². The molecule has 0 N–H and O–H groups in total. The Morgan fingerprint density at radius 3 is 2.36 bits per heavy atom. The number of Topliss-reactive ketones (excluding diaryl/α,β-unsaturated/α-hetero) is 1. The normalized spacial score (nSPS) is 19.6. The number of rotatable bonds is 5. The van der Waals surface area contributed by atoms with Crippen LogP contribution in [0.25, 0.3) is 0 Å². The number of ketones is 1. The molecule has 1 saturated heterocycles. The van der Waals surface area contributed by atoms with Crippen LogP contribution in [0.1, 0.15) is 30.9 Å². The Labute approximate surface area is 167 Å². The van der Waals surface area contributed by atoms with Crippen molar-refractivity contribution in [3.05, 3.63) is 65.7 Å². The summed E-state index contributed by atoms with van der Waals surface area (Å²) in [5.74, 6) is 0.470. The van der Waals surface area contributed by atoms with E-state index in [4.69, 9.17) is 0 Å². The molecule has 2 aliphatic rings. The number of likely N-dealkylation sites (tertiary alicyclic amines) is 1. The van der Waals surface area contributed by atoms with Crippen LogP contribution in [-0.4, -0.2) is 43.3 Å². The highest BCUT2D eigenvalue weighted by molar-refractivity contribution is 6.07. The highest BCUT2D eigenvalue weighted by Crippen LogP contribution is 2.47. The monoisotopic (exact) mass is 376 g/mol. The summed E-state index contributed by atoms with van der Waals surface area (Å²) in [6.45, 7) is 4.18. The van der Waals surface area contributed by atoms with Crippen LogP contribution in [-0.2, 0) is 21.4 Å². The molecule has 0 bridgehead atoms. The first-order valence-electron chi connectivity index (χ1n) is 10.2. The summed E-state index contributed by atoms with van der Waals surface area (Å²) in [6.07, 6.45) is 2.43. The van der Waals surface area contributed by atoms with Crippen LogP contribution in [0.3, 0.4) is 0 Å². The Morgan fingerprint density at radius 1 is 1.04 bits per heavy atom. The minimum Gasteiger partial charge on any atom is -0.314 e. The number of hydrogen-bond acceptors (Lipinski definition) is 3. The molecule has 2 aliphatic heterocycles. The summed E-state index contributed by atoms with van der Waals surface area (Å²) in [6, 6.07) is 18.4. The third kappa shape index (κ3) is 3.26. The third-order valence-corrected chi connectivity index (χ3v) is 6.58. The number of fused-ring (bicyclic) bond motifs is 2. The molecule has 2 aromatic rings. The van der Waals surface area contributed by atoms with Crippen LogP contribution in [0.4, 0.5) is 5.69 Å². The molecule has 4 heteroatoms. The second kappa shape index (κ2) is 7.51. The smallest absolute Gasteiger partial charge is 0.237 e. The lowest BCUT2D eigenvalue weighted by Crippen LogP contribution is -2.49. The quantitative estimate of drug-likeness (QED) is 0.803. The first-order chi connectivity index (χ1) is 13.5. The molecule has 4 rings (SSSR count). The molecule has 2 aromatic carbocycles. The number of carbonyl (C=O) groups excluding carboxylic acids is 2. The number of anilines is 1. The predicted molar refractivity (Wildman–Crippen MR) is 112 cm³/mol. The second-order valence-corrected chi connectivity index (χ2v) is 8.26. The number of piperidine rings is 1. The van der Waals surface area contributed by atoms with Crippen molar-refractivity contribution in [2.75, 3.05) is 31.6 Å². The number of para-hydroxylation sites is 1. The van der Waals surface area contributed by atoms with Crippen molar-refractivity contribution in [3.63, 3.8) is 0 Å². The zero-order chi connectivity index (χ0) is 19.7. The van der Waals surface area contributed by atoms with E-state index in [1.165, 1.54) is 11.1 Å². The van der Waals surface area contributed by atoms with Crippen molar-refractivity contribution in [1.29, 1.82) is 0 Å². The van der Waals surface area contributed by atoms with Crippen molar-refractivity contribution in [2.45, 2.75) is 31.6 Å². The Bertz CT molecular complexity index is 869. The standard InChI is InChI=1S/C24H28N2O2/c1-18(27)20(16-19-8-4-3-5-9-19)17-26-14-12-24(13-15-26)21-10-6-7-11-22(21)25(2)23(24)28/h3-11,20H,12-17H2,1-2H3. The van der Waals surface area contributed by atoms with Gasteiger partial charge in [0.2, 0.25) is 5.91 Å². The fraction of sp³-hybridized carbons (Fsp3) is 0.417. The fourth-order valence-corrected chi connectivity index (χ4v) is 4.86. The average Bonchev–Trinajstić information content (AvgIpc) is 2.92. The summed E-state index contributed by atoms with van der Waals surface area (Å²) in [5.41, 5.74) is 3.05. The molecule has 1 amide bonds. The topological polar surface area (TPSA) is 40.6 Å². The fourth-order valence-electron chi connectivity index (χ4n) is 4.86. The van der Waals surface area contributed by atoms with Gasteiger partial charge in [-0.2, -0.15) is 0 Å². The maximum Gasteiger partial charge on any atom is 0.237 e. The Kier molecular flexibility index (Phi) is 5.07. The molecule has 1 unspecified atom stereocenters. The van der Waals surface area contributed by atoms with Crippen molar-refractivity contribution < 1.29 is 9.59 Å². The molecule has 1 atom stereocenters. The third-order valence-electron chi connectivity index (χ3n) is 6.58. The molecule has 146 valence electrons. The van der Waals surface area contributed by atoms with E-state index in [-0.39, 0.29) is 23.0 Å². The van der Waals surface area contributed by atoms with E-state index in [1.54, 1.807) is 6.92 Å². The van der Waals surface area contributed by atoms with E-state index in [0.717, 1.165) is 44.6 Å². The van der Waals surface area contributed by atoms with Crippen LogP contribution in [0.2, 0.25) is 0 Å². The summed E-state index contributed by atoms with van der Waals surface area (Å²) in [4.78, 5) is 29.5. The van der Waals surface area contributed by atoms with E-state index < -0.39 is 0 Å². The predicted octanol–water partition coefficient (Wildman–Crippen LogP) is 3.44. The lowest BCUT2D eigenvalue weighted by molar-refractivity contribution is -0.125. The van der Waals surface area contributed by atoms with Gasteiger partial charge in [-0.1, -0.05) is 48.5 Å². The number of likely N-dealkylation sites (N-methyl/N-ethyl adjacent to an activating group) is 1. The zero-order valence-electron chi connectivity index (χ0n) is 16.7. The van der Waals surface area contributed by atoms with Gasteiger partial charge in [-0.15, -0.1) is 0 Å². The maximum atomic E-state index is 13.1. The number of carbonyl (C=O) groups is 2. The number of benzene rings is 2.